The maximum absolute atomic E-state index is 15.4. The number of ketones is 2. The van der Waals surface area contributed by atoms with Crippen molar-refractivity contribution in [2.75, 3.05) is 76.1 Å². The molecule has 0 bridgehead atoms. The van der Waals surface area contributed by atoms with Crippen LogP contribution in [0.2, 0.25) is 5.04 Å². The lowest BCUT2D eigenvalue weighted by Gasteiger charge is -2.43. The fraction of sp³-hybridized carbons (Fsp3) is 0.693. The molecule has 115 heavy (non-hydrogen) atoms. The van der Waals surface area contributed by atoms with Gasteiger partial charge >= 0.3 is 11.9 Å². The van der Waals surface area contributed by atoms with Crippen molar-refractivity contribution in [1.82, 2.24) is 50.2 Å². The van der Waals surface area contributed by atoms with E-state index in [1.165, 1.54) is 78.5 Å². The Labute approximate surface area is 689 Å². The van der Waals surface area contributed by atoms with Gasteiger partial charge in [0.1, 0.15) is 60.8 Å². The van der Waals surface area contributed by atoms with Gasteiger partial charge in [-0.1, -0.05) is 197 Å². The first kappa shape index (κ1) is 103. The molecule has 3 N–H and O–H groups in total. The lowest BCUT2D eigenvalue weighted by molar-refractivity contribution is -0.164. The van der Waals surface area contributed by atoms with Crippen molar-refractivity contribution in [3.8, 4) is 0 Å². The van der Waals surface area contributed by atoms with Gasteiger partial charge in [-0.25, -0.2) is 4.79 Å². The minimum absolute atomic E-state index is 0.0652. The molecule has 14 atom stereocenters. The Morgan fingerprint density at radius 1 is 0.504 bits per heavy atom. The third-order valence-electron chi connectivity index (χ3n) is 22.2. The minimum atomic E-state index is -3.00. The number of Topliss-reactive ketones (excluding diaryl/α,β-unsaturated/α-hetero) is 2. The van der Waals surface area contributed by atoms with Crippen LogP contribution in [0.25, 0.3) is 0 Å². The monoisotopic (exact) mass is 1630 g/mol. The predicted octanol–water partition coefficient (Wildman–Crippen LogP) is 8.74. The molecule has 9 amide bonds. The summed E-state index contributed by atoms with van der Waals surface area (Å²) in [6.45, 7) is 39.7. The Kier molecular flexibility index (Phi) is 42.9. The predicted molar refractivity (Wildman–Crippen MR) is 453 cm³/mol. The lowest BCUT2D eigenvalue weighted by Crippen LogP contribution is -2.66. The number of amides is 9. The molecular formula is C88H146N10O16Si. The standard InChI is InChI=1S/C88H146N10O16Si/c1-31-33-40-60(14)78(114-65(19)100)77(80(104)90-68(32-2)87(111)112-48-46-92(24)64(18)99)98(30)86(110)75(58(11)12)96(28)84(108)71(51-56(7)8)95(27)83(107)70(50-55(5)6)94(26)81(105)62(16)53-72(101)61(15)52-73(102)69(49-54(3)4)93(25)85(109)74(57(9)10)91-79(103)76(97(29)82(106)63(17)89-23)59(13)45-47-113-115(88(20,21)22,66-41-36-34-37-42-66)67-43-38-35-39-44-67/h31,33-39,41-44,54-63,68-71,74-78,89H,32,40,45-53H2,1-30H3,(H,90,104)(H,91,103)/b33-31+/t59-,60-,61-,62+,63+,68+,69+,70+,71+,74+,75+,76-,77+,78-/m1/s1. The highest BCUT2D eigenvalue weighted by Crippen LogP contribution is 2.38. The second-order valence-corrected chi connectivity index (χ2v) is 39.1. The van der Waals surface area contributed by atoms with E-state index in [0.717, 1.165) is 15.3 Å². The van der Waals surface area contributed by atoms with Gasteiger partial charge in [0, 0.05) is 94.5 Å². The van der Waals surface area contributed by atoms with Crippen LogP contribution in [0.3, 0.4) is 0 Å². The van der Waals surface area contributed by atoms with Crippen LogP contribution in [0.15, 0.2) is 72.8 Å². The Morgan fingerprint density at radius 2 is 0.957 bits per heavy atom. The van der Waals surface area contributed by atoms with Gasteiger partial charge in [-0.3, -0.25) is 57.5 Å². The molecule has 0 radical (unpaired) electrons. The van der Waals surface area contributed by atoms with Crippen LogP contribution in [0.1, 0.15) is 204 Å². The van der Waals surface area contributed by atoms with E-state index in [2.05, 4.69) is 61.0 Å². The fourth-order valence-electron chi connectivity index (χ4n) is 15.0. The van der Waals surface area contributed by atoms with Gasteiger partial charge in [-0.15, -0.1) is 0 Å². The minimum Gasteiger partial charge on any atom is -0.462 e. The van der Waals surface area contributed by atoms with Gasteiger partial charge in [0.15, 0.2) is 5.78 Å². The highest BCUT2D eigenvalue weighted by Gasteiger charge is 2.51. The van der Waals surface area contributed by atoms with Gasteiger partial charge in [-0.2, -0.15) is 0 Å². The van der Waals surface area contributed by atoms with Crippen molar-refractivity contribution < 1.29 is 76.2 Å². The molecule has 0 aliphatic carbocycles. The molecule has 0 fully saturated rings. The van der Waals surface area contributed by atoms with Crippen LogP contribution >= 0.6 is 0 Å². The van der Waals surface area contributed by atoms with Crippen LogP contribution < -0.4 is 26.3 Å². The summed E-state index contributed by atoms with van der Waals surface area (Å²) >= 11 is 0. The third kappa shape index (κ3) is 29.2. The van der Waals surface area contributed by atoms with Crippen LogP contribution in [-0.2, 0) is 76.2 Å². The van der Waals surface area contributed by atoms with Gasteiger partial charge in [0.2, 0.25) is 53.2 Å². The van der Waals surface area contributed by atoms with E-state index in [1.54, 1.807) is 96.5 Å². The summed E-state index contributed by atoms with van der Waals surface area (Å²) in [5.74, 6) is -11.9. The van der Waals surface area contributed by atoms with E-state index < -0.39 is 169 Å². The number of nitrogens with zero attached hydrogens (tertiary/aromatic N) is 7. The highest BCUT2D eigenvalue weighted by atomic mass is 28.4. The molecule has 26 nitrogen and oxygen atoms in total. The normalized spacial score (nSPS) is 15.6. The van der Waals surface area contributed by atoms with Crippen molar-refractivity contribution in [2.45, 2.75) is 269 Å². The number of allylic oxidation sites excluding steroid dienone is 2. The number of hydrogen-bond acceptors (Lipinski definition) is 17. The number of hydrogen-bond donors (Lipinski definition) is 3. The zero-order chi connectivity index (χ0) is 88.2. The molecule has 0 aliphatic rings. The van der Waals surface area contributed by atoms with Crippen molar-refractivity contribution in [3.63, 3.8) is 0 Å². The lowest BCUT2D eigenvalue weighted by atomic mass is 9.88. The summed E-state index contributed by atoms with van der Waals surface area (Å²) in [7, 11) is 9.08. The van der Waals surface area contributed by atoms with Crippen LogP contribution in [-0.4, -0.2) is 256 Å². The molecule has 0 unspecified atom stereocenters. The number of rotatable bonds is 48. The van der Waals surface area contributed by atoms with E-state index in [4.69, 9.17) is 13.9 Å². The second kappa shape index (κ2) is 47.9. The van der Waals surface area contributed by atoms with Crippen molar-refractivity contribution in [1.29, 1.82) is 0 Å². The molecule has 2 aromatic carbocycles. The van der Waals surface area contributed by atoms with Gasteiger partial charge in [0.25, 0.3) is 8.32 Å². The van der Waals surface area contributed by atoms with E-state index in [0.29, 0.717) is 12.8 Å². The average molecular weight is 1630 g/mol. The second-order valence-electron chi connectivity index (χ2n) is 34.8. The van der Waals surface area contributed by atoms with Crippen LogP contribution in [0, 0.1) is 53.3 Å². The van der Waals surface area contributed by atoms with Gasteiger partial charge in [-0.05, 0) is 116 Å². The number of carbonyl (C=O) groups excluding carboxylic acids is 13. The zero-order valence-electron chi connectivity index (χ0n) is 75.3. The average Bonchev–Trinajstić information content (AvgIpc) is 0.748. The summed E-state index contributed by atoms with van der Waals surface area (Å²) in [5, 5.41) is 10.6. The molecule has 0 saturated carbocycles. The van der Waals surface area contributed by atoms with E-state index in [-0.39, 0.29) is 92.9 Å². The van der Waals surface area contributed by atoms with Gasteiger partial charge < -0.3 is 64.1 Å². The number of esters is 2. The quantitative estimate of drug-likeness (QED) is 0.0317. The smallest absolute Gasteiger partial charge is 0.328 e. The topological polar surface area (TPSA) is 308 Å². The zero-order valence-corrected chi connectivity index (χ0v) is 76.3. The Bertz CT molecular complexity index is 3510. The largest absolute Gasteiger partial charge is 0.462 e. The number of nitrogens with one attached hydrogen (secondary N) is 3. The Morgan fingerprint density at radius 3 is 1.40 bits per heavy atom. The first-order valence-electron chi connectivity index (χ1n) is 41.3. The number of benzene rings is 2. The first-order chi connectivity index (χ1) is 53.4. The SMILES string of the molecule is C/C=C/C[C@@H](C)[C@@H](OC(C)=O)[C@@H](C(=O)N[C@@H](CC)C(=O)OCCN(C)C(C)=O)N(C)C(=O)[C@H](C(C)C)N(C)C(=O)[C@H](CC(C)C)N(C)C(=O)[C@H](CC(C)C)N(C)C(=O)[C@@H](C)CC(=O)[C@H](C)CC(=O)[C@H](CC(C)C)N(C)C(=O)[C@@H](NC(=O)[C@@H]([C@H](C)CCO[Si](c1ccccc1)(c1ccccc1)C(C)(C)C)N(C)C(=O)[C@H](C)NC)C(C)C. The highest BCUT2D eigenvalue weighted by molar-refractivity contribution is 6.99. The molecule has 27 heteroatoms. The molecule has 0 spiro atoms. The van der Waals surface area contributed by atoms with E-state index >= 15 is 24.0 Å². The summed E-state index contributed by atoms with van der Waals surface area (Å²) in [4.78, 5) is 197. The Balaban J connectivity index is 2.55. The molecule has 648 valence electrons. The Hall–Kier alpha value is -8.17. The molecule has 0 aliphatic heterocycles. The fourth-order valence-corrected chi connectivity index (χ4v) is 19.6. The van der Waals surface area contributed by atoms with Crippen LogP contribution in [0.4, 0.5) is 0 Å². The van der Waals surface area contributed by atoms with Crippen molar-refractivity contribution in [2.24, 2.45) is 53.3 Å². The summed E-state index contributed by atoms with van der Waals surface area (Å²) in [6.07, 6.45) is 2.99. The van der Waals surface area contributed by atoms with Gasteiger partial charge in [0.05, 0.1) is 18.6 Å². The van der Waals surface area contributed by atoms with Crippen molar-refractivity contribution >= 4 is 95.4 Å². The first-order valence-corrected chi connectivity index (χ1v) is 43.2. The molecule has 0 saturated heterocycles. The molecule has 2 rings (SSSR count). The number of ether oxygens (including phenoxy) is 2. The molecule has 0 aromatic heterocycles. The number of carbonyl (C=O) groups is 13. The molecule has 0 heterocycles. The maximum atomic E-state index is 15.4. The van der Waals surface area contributed by atoms with Crippen molar-refractivity contribution in [3.05, 3.63) is 72.8 Å². The summed E-state index contributed by atoms with van der Waals surface area (Å²) < 4.78 is 18.6. The number of likely N-dealkylation sites (N-methyl/N-ethyl adjacent to an activating group) is 8. The molecule has 2 aromatic rings. The summed E-state index contributed by atoms with van der Waals surface area (Å²) in [5.41, 5.74) is 0. The third-order valence-corrected chi connectivity index (χ3v) is 27.2. The van der Waals surface area contributed by atoms with Crippen LogP contribution in [0.5, 0.6) is 0 Å². The maximum Gasteiger partial charge on any atom is 0.328 e. The van der Waals surface area contributed by atoms with E-state index in [9.17, 15) is 38.4 Å². The summed E-state index contributed by atoms with van der Waals surface area (Å²) in [6, 6.07) is 10.1. The van der Waals surface area contributed by atoms with E-state index in [1.807, 2.05) is 90.9 Å². The molecular weight excluding hydrogens is 1480 g/mol.